The Bertz CT molecular complexity index is 694. The first-order valence-corrected chi connectivity index (χ1v) is 6.30. The zero-order valence-electron chi connectivity index (χ0n) is 10.6. The number of likely N-dealkylation sites (tertiary alicyclic amines) is 1. The molecule has 96 valence electrons. The minimum Gasteiger partial charge on any atom is -0.344 e. The zero-order valence-corrected chi connectivity index (χ0v) is 11.4. The number of H-pyrrole nitrogens is 1. The van der Waals surface area contributed by atoms with E-state index in [1.54, 1.807) is 9.58 Å². The third-order valence-corrected chi connectivity index (χ3v) is 3.88. The van der Waals surface area contributed by atoms with Gasteiger partial charge in [-0.1, -0.05) is 0 Å². The van der Waals surface area contributed by atoms with E-state index in [0.717, 1.165) is 29.8 Å². The number of aromatic amines is 1. The van der Waals surface area contributed by atoms with Crippen LogP contribution in [-0.4, -0.2) is 43.7 Å². The number of aromatic nitrogens is 4. The van der Waals surface area contributed by atoms with Crippen molar-refractivity contribution in [3.63, 3.8) is 0 Å². The summed E-state index contributed by atoms with van der Waals surface area (Å²) in [6, 6.07) is -0.203. The lowest BCUT2D eigenvalue weighted by Gasteiger charge is -2.12. The molecule has 1 unspecified atom stereocenters. The third-order valence-electron chi connectivity index (χ3n) is 3.58. The molecule has 1 aliphatic heterocycles. The van der Waals surface area contributed by atoms with Crippen LogP contribution in [0.1, 0.15) is 18.2 Å². The highest BCUT2D eigenvalue weighted by Crippen LogP contribution is 2.27. The lowest BCUT2D eigenvalue weighted by molar-refractivity contribution is -0.129. The van der Waals surface area contributed by atoms with Crippen molar-refractivity contribution in [1.82, 2.24) is 24.2 Å². The zero-order chi connectivity index (χ0) is 13.0. The summed E-state index contributed by atoms with van der Waals surface area (Å²) < 4.78 is 4.27. The first-order valence-electron chi connectivity index (χ1n) is 5.89. The first-order chi connectivity index (χ1) is 8.50. The Kier molecular flexibility index (Phi) is 2.34. The van der Waals surface area contributed by atoms with E-state index >= 15 is 0 Å². The van der Waals surface area contributed by atoms with Crippen LogP contribution in [0.4, 0.5) is 0 Å². The molecular weight excluding hydrogens is 250 g/mol. The van der Waals surface area contributed by atoms with Gasteiger partial charge in [-0.3, -0.25) is 14.0 Å². The standard InChI is InChI=1S/C11H15N5OS/c1-6-8-9(15(3)13-6)16(11(18)12-8)7-4-5-14(2)10(7)17/h7H,4-5H2,1-3H3,(H,12,18). The maximum Gasteiger partial charge on any atom is 0.245 e. The number of carbonyl (C=O) groups is 1. The van der Waals surface area contributed by atoms with Crippen LogP contribution in [0, 0.1) is 11.7 Å². The van der Waals surface area contributed by atoms with E-state index in [0.29, 0.717) is 4.77 Å². The van der Waals surface area contributed by atoms with Crippen molar-refractivity contribution in [2.75, 3.05) is 13.6 Å². The van der Waals surface area contributed by atoms with Gasteiger partial charge in [0.15, 0.2) is 10.4 Å². The second-order valence-corrected chi connectivity index (χ2v) is 5.16. The van der Waals surface area contributed by atoms with E-state index in [1.165, 1.54) is 0 Å². The van der Waals surface area contributed by atoms with Crippen LogP contribution >= 0.6 is 12.2 Å². The second-order valence-electron chi connectivity index (χ2n) is 4.77. The van der Waals surface area contributed by atoms with Gasteiger partial charge in [0.05, 0.1) is 5.69 Å². The van der Waals surface area contributed by atoms with Crippen molar-refractivity contribution in [1.29, 1.82) is 0 Å². The fourth-order valence-electron chi connectivity index (χ4n) is 2.66. The number of rotatable bonds is 1. The van der Waals surface area contributed by atoms with E-state index in [-0.39, 0.29) is 11.9 Å². The van der Waals surface area contributed by atoms with Crippen molar-refractivity contribution in [3.05, 3.63) is 10.5 Å². The van der Waals surface area contributed by atoms with Gasteiger partial charge in [-0.25, -0.2) is 0 Å². The molecule has 1 aliphatic rings. The molecule has 0 spiro atoms. The molecule has 1 fully saturated rings. The van der Waals surface area contributed by atoms with Crippen molar-refractivity contribution in [3.8, 4) is 0 Å². The Labute approximate surface area is 109 Å². The summed E-state index contributed by atoms with van der Waals surface area (Å²) in [4.78, 5) is 17.0. The molecule has 1 atom stereocenters. The topological polar surface area (TPSA) is 58.9 Å². The van der Waals surface area contributed by atoms with Crippen LogP contribution < -0.4 is 0 Å². The maximum absolute atomic E-state index is 12.1. The molecule has 2 aromatic heterocycles. The molecule has 6 nitrogen and oxygen atoms in total. The Morgan fingerprint density at radius 3 is 2.78 bits per heavy atom. The molecule has 0 bridgehead atoms. The third kappa shape index (κ3) is 1.37. The second kappa shape index (κ2) is 3.68. The van der Waals surface area contributed by atoms with Gasteiger partial charge in [-0.2, -0.15) is 5.10 Å². The summed E-state index contributed by atoms with van der Waals surface area (Å²) in [6.07, 6.45) is 0.792. The van der Waals surface area contributed by atoms with Crippen molar-refractivity contribution in [2.45, 2.75) is 19.4 Å². The highest BCUT2D eigenvalue weighted by atomic mass is 32.1. The number of imidazole rings is 1. The van der Waals surface area contributed by atoms with Gasteiger partial charge in [0.25, 0.3) is 0 Å². The van der Waals surface area contributed by atoms with Crippen LogP contribution in [0.3, 0.4) is 0 Å². The number of likely N-dealkylation sites (N-methyl/N-ethyl adjacent to an activating group) is 1. The Morgan fingerprint density at radius 1 is 1.44 bits per heavy atom. The lowest BCUT2D eigenvalue weighted by Crippen LogP contribution is -2.25. The molecular formula is C11H15N5OS. The van der Waals surface area contributed by atoms with E-state index in [2.05, 4.69) is 10.1 Å². The normalized spacial score (nSPS) is 20.3. The largest absolute Gasteiger partial charge is 0.344 e. The van der Waals surface area contributed by atoms with Crippen LogP contribution in [0.5, 0.6) is 0 Å². The summed E-state index contributed by atoms with van der Waals surface area (Å²) in [5.74, 6) is 0.117. The quantitative estimate of drug-likeness (QED) is 0.787. The molecule has 0 radical (unpaired) electrons. The fraction of sp³-hybridized carbons (Fsp3) is 0.545. The highest BCUT2D eigenvalue weighted by Gasteiger charge is 2.33. The number of fused-ring (bicyclic) bond motifs is 1. The van der Waals surface area contributed by atoms with Crippen molar-refractivity contribution in [2.24, 2.45) is 7.05 Å². The average molecular weight is 265 g/mol. The summed E-state index contributed by atoms with van der Waals surface area (Å²) in [6.45, 7) is 2.70. The molecule has 18 heavy (non-hydrogen) atoms. The van der Waals surface area contributed by atoms with Crippen LogP contribution in [0.2, 0.25) is 0 Å². The minimum atomic E-state index is -0.203. The number of carbonyl (C=O) groups excluding carboxylic acids is 1. The Balaban J connectivity index is 2.26. The molecule has 0 aromatic carbocycles. The highest BCUT2D eigenvalue weighted by molar-refractivity contribution is 7.71. The number of nitrogens with one attached hydrogen (secondary N) is 1. The number of aryl methyl sites for hydroxylation is 2. The lowest BCUT2D eigenvalue weighted by atomic mass is 10.2. The van der Waals surface area contributed by atoms with Gasteiger partial charge in [0.1, 0.15) is 11.6 Å². The number of nitrogens with zero attached hydrogens (tertiary/aromatic N) is 4. The molecule has 7 heteroatoms. The van der Waals surface area contributed by atoms with Gasteiger partial charge in [-0.15, -0.1) is 0 Å². The van der Waals surface area contributed by atoms with Gasteiger partial charge < -0.3 is 9.88 Å². The number of hydrogen-bond donors (Lipinski definition) is 1. The van der Waals surface area contributed by atoms with Gasteiger partial charge in [0.2, 0.25) is 5.91 Å². The fourth-order valence-corrected chi connectivity index (χ4v) is 2.98. The average Bonchev–Trinajstić information content (AvgIpc) is 2.89. The van der Waals surface area contributed by atoms with Gasteiger partial charge >= 0.3 is 0 Å². The van der Waals surface area contributed by atoms with Crippen molar-refractivity contribution >= 4 is 29.3 Å². The minimum absolute atomic E-state index is 0.117. The van der Waals surface area contributed by atoms with Crippen molar-refractivity contribution < 1.29 is 4.79 Å². The summed E-state index contributed by atoms with van der Waals surface area (Å²) in [5, 5.41) is 4.36. The van der Waals surface area contributed by atoms with Crippen LogP contribution in [-0.2, 0) is 11.8 Å². The molecule has 1 N–H and O–H groups in total. The molecule has 2 aromatic rings. The molecule has 1 amide bonds. The molecule has 0 saturated carbocycles. The summed E-state index contributed by atoms with van der Waals surface area (Å²) >= 11 is 5.35. The maximum atomic E-state index is 12.1. The van der Waals surface area contributed by atoms with Gasteiger partial charge in [0, 0.05) is 20.6 Å². The molecule has 3 heterocycles. The Morgan fingerprint density at radius 2 is 2.17 bits per heavy atom. The number of amides is 1. The smallest absolute Gasteiger partial charge is 0.245 e. The molecule has 3 rings (SSSR count). The summed E-state index contributed by atoms with van der Waals surface area (Å²) in [5.41, 5.74) is 2.71. The predicted molar refractivity (Wildman–Crippen MR) is 69.9 cm³/mol. The Hall–Kier alpha value is -1.63. The SMILES string of the molecule is Cc1nn(C)c2c1[nH]c(=S)n2C1CCN(C)C1=O. The first kappa shape index (κ1) is 11.5. The monoisotopic (exact) mass is 265 g/mol. The van der Waals surface area contributed by atoms with Crippen LogP contribution in [0.15, 0.2) is 0 Å². The van der Waals surface area contributed by atoms with E-state index in [4.69, 9.17) is 12.2 Å². The molecule has 0 aliphatic carbocycles. The van der Waals surface area contributed by atoms with E-state index in [9.17, 15) is 4.79 Å². The van der Waals surface area contributed by atoms with E-state index in [1.807, 2.05) is 25.6 Å². The predicted octanol–water partition coefficient (Wildman–Crippen LogP) is 1.14. The van der Waals surface area contributed by atoms with Gasteiger partial charge in [-0.05, 0) is 25.6 Å². The van der Waals surface area contributed by atoms with Crippen LogP contribution in [0.25, 0.3) is 11.2 Å². The number of hydrogen-bond acceptors (Lipinski definition) is 3. The molecule has 1 saturated heterocycles. The summed E-state index contributed by atoms with van der Waals surface area (Å²) in [7, 11) is 3.70. The van der Waals surface area contributed by atoms with E-state index < -0.39 is 0 Å².